The van der Waals surface area contributed by atoms with Gasteiger partial charge in [0.25, 0.3) is 10.0 Å². The molecule has 0 amide bonds. The summed E-state index contributed by atoms with van der Waals surface area (Å²) in [5, 5.41) is 9.93. The average molecular weight is 494 g/mol. The van der Waals surface area contributed by atoms with E-state index in [2.05, 4.69) is 0 Å². The highest BCUT2D eigenvalue weighted by atomic mass is 35.5. The van der Waals surface area contributed by atoms with Crippen molar-refractivity contribution >= 4 is 38.5 Å². The molecule has 0 unspecified atom stereocenters. The second kappa shape index (κ2) is 8.24. The molecule has 0 radical (unpaired) electrons. The molecule has 33 heavy (non-hydrogen) atoms. The Morgan fingerprint density at radius 1 is 0.970 bits per heavy atom. The van der Waals surface area contributed by atoms with Crippen LogP contribution in [0.2, 0.25) is 5.02 Å². The molecule has 4 rings (SSSR count). The molecule has 3 aromatic carbocycles. The minimum Gasteiger partial charge on any atom is -0.478 e. The van der Waals surface area contributed by atoms with Gasteiger partial charge in [-0.05, 0) is 60.2 Å². The third-order valence-electron chi connectivity index (χ3n) is 5.08. The summed E-state index contributed by atoms with van der Waals surface area (Å²) in [6.07, 6.45) is -4.61. The number of carbonyl (C=O) groups is 1. The lowest BCUT2D eigenvalue weighted by molar-refractivity contribution is -0.137. The Kier molecular flexibility index (Phi) is 5.71. The molecule has 1 N–H and O–H groups in total. The highest BCUT2D eigenvalue weighted by Gasteiger charge is 2.32. The average Bonchev–Trinajstić information content (AvgIpc) is 3.11. The number of benzene rings is 3. The van der Waals surface area contributed by atoms with E-state index in [-0.39, 0.29) is 23.2 Å². The largest absolute Gasteiger partial charge is 0.478 e. The summed E-state index contributed by atoms with van der Waals surface area (Å²) in [6, 6.07) is 15.6. The molecule has 1 heterocycles. The Labute approximate surface area is 191 Å². The van der Waals surface area contributed by atoms with Gasteiger partial charge in [0.15, 0.2) is 0 Å². The Morgan fingerprint density at radius 2 is 1.67 bits per heavy atom. The first kappa shape index (κ1) is 22.9. The number of fused-ring (bicyclic) bond motifs is 1. The summed E-state index contributed by atoms with van der Waals surface area (Å²) in [5.74, 6) is -1.10. The summed E-state index contributed by atoms with van der Waals surface area (Å²) in [4.78, 5) is 10.6. The molecule has 0 saturated carbocycles. The number of halogens is 4. The zero-order valence-electron chi connectivity index (χ0n) is 16.7. The monoisotopic (exact) mass is 493 g/mol. The normalized spacial score (nSPS) is 12.2. The minimum absolute atomic E-state index is 0.0719. The highest BCUT2D eigenvalue weighted by molar-refractivity contribution is 7.90. The van der Waals surface area contributed by atoms with Gasteiger partial charge in [-0.15, -0.1) is 0 Å². The van der Waals surface area contributed by atoms with E-state index in [4.69, 9.17) is 16.7 Å². The van der Waals surface area contributed by atoms with Gasteiger partial charge in [0, 0.05) is 22.5 Å². The van der Waals surface area contributed by atoms with Crippen LogP contribution >= 0.6 is 11.6 Å². The fourth-order valence-electron chi connectivity index (χ4n) is 3.54. The topological polar surface area (TPSA) is 76.4 Å². The predicted molar refractivity (Wildman–Crippen MR) is 117 cm³/mol. The van der Waals surface area contributed by atoms with Gasteiger partial charge in [-0.1, -0.05) is 29.8 Å². The quantitative estimate of drug-likeness (QED) is 0.379. The number of aromatic carboxylic acids is 1. The minimum atomic E-state index is -4.70. The molecule has 1 aromatic heterocycles. The molecule has 0 bridgehead atoms. The predicted octanol–water partition coefficient (Wildman–Crippen LogP) is 5.84. The van der Waals surface area contributed by atoms with E-state index in [0.29, 0.717) is 22.0 Å². The van der Waals surface area contributed by atoms with Crippen molar-refractivity contribution in [2.24, 2.45) is 0 Å². The van der Waals surface area contributed by atoms with Crippen LogP contribution in [0.15, 0.2) is 77.7 Å². The molecular formula is C23H15ClF3NO4S. The summed E-state index contributed by atoms with van der Waals surface area (Å²) in [5.41, 5.74) is 0.160. The number of hydrogen-bond acceptors (Lipinski definition) is 3. The zero-order chi connectivity index (χ0) is 24.0. The third-order valence-corrected chi connectivity index (χ3v) is 7.07. The molecule has 4 aromatic rings. The first-order valence-corrected chi connectivity index (χ1v) is 11.3. The molecular weight excluding hydrogens is 479 g/mol. The standard InChI is InChI=1S/C23H15ClF3NO4S/c24-18-8-9-21-16(11-18)12-19(10-14-4-6-15(7-5-14)22(29)30)28(21)33(31,32)20-3-1-2-17(13-20)23(25,26)27/h1-9,11-13H,10H2,(H,29,30). The van der Waals surface area contributed by atoms with Crippen molar-refractivity contribution in [3.05, 3.63) is 100 Å². The van der Waals surface area contributed by atoms with Crippen LogP contribution in [-0.2, 0) is 22.6 Å². The number of rotatable bonds is 5. The molecule has 0 saturated heterocycles. The number of aromatic nitrogens is 1. The van der Waals surface area contributed by atoms with Crippen molar-refractivity contribution in [1.29, 1.82) is 0 Å². The number of alkyl halides is 3. The number of nitrogens with zero attached hydrogens (tertiary/aromatic N) is 1. The van der Waals surface area contributed by atoms with E-state index in [1.54, 1.807) is 24.3 Å². The van der Waals surface area contributed by atoms with Crippen LogP contribution in [0.25, 0.3) is 10.9 Å². The molecule has 0 spiro atoms. The maximum atomic E-state index is 13.5. The first-order valence-electron chi connectivity index (χ1n) is 9.52. The molecule has 0 aliphatic carbocycles. The van der Waals surface area contributed by atoms with Crippen LogP contribution in [0, 0.1) is 0 Å². The van der Waals surface area contributed by atoms with E-state index in [1.807, 2.05) is 0 Å². The van der Waals surface area contributed by atoms with E-state index < -0.39 is 32.6 Å². The Balaban J connectivity index is 1.88. The van der Waals surface area contributed by atoms with E-state index in [1.165, 1.54) is 24.3 Å². The summed E-state index contributed by atoms with van der Waals surface area (Å²) < 4.78 is 67.6. The fourth-order valence-corrected chi connectivity index (χ4v) is 5.31. The van der Waals surface area contributed by atoms with Crippen LogP contribution in [-0.4, -0.2) is 23.5 Å². The van der Waals surface area contributed by atoms with Crippen molar-refractivity contribution in [3.63, 3.8) is 0 Å². The summed E-state index contributed by atoms with van der Waals surface area (Å²) in [7, 11) is -4.41. The van der Waals surface area contributed by atoms with Gasteiger partial charge < -0.3 is 5.11 Å². The van der Waals surface area contributed by atoms with Crippen molar-refractivity contribution in [2.45, 2.75) is 17.5 Å². The fraction of sp³-hybridized carbons (Fsp3) is 0.0870. The smallest absolute Gasteiger partial charge is 0.416 e. The van der Waals surface area contributed by atoms with Crippen LogP contribution in [0.5, 0.6) is 0 Å². The van der Waals surface area contributed by atoms with Gasteiger partial charge in [0.05, 0.1) is 21.5 Å². The van der Waals surface area contributed by atoms with Gasteiger partial charge in [-0.2, -0.15) is 13.2 Å². The maximum absolute atomic E-state index is 13.5. The highest BCUT2D eigenvalue weighted by Crippen LogP contribution is 2.33. The van der Waals surface area contributed by atoms with E-state index in [9.17, 15) is 26.4 Å². The Bertz CT molecular complexity index is 1480. The number of carboxylic acid groups (broad SMARTS) is 1. The SMILES string of the molecule is O=C(O)c1ccc(Cc2cc3cc(Cl)ccc3n2S(=O)(=O)c2cccc(C(F)(F)F)c2)cc1. The van der Waals surface area contributed by atoms with Gasteiger partial charge in [0.2, 0.25) is 0 Å². The third kappa shape index (κ3) is 4.46. The van der Waals surface area contributed by atoms with Crippen LogP contribution < -0.4 is 0 Å². The van der Waals surface area contributed by atoms with Gasteiger partial charge in [-0.25, -0.2) is 17.2 Å². The van der Waals surface area contributed by atoms with Gasteiger partial charge in [-0.3, -0.25) is 0 Å². The second-order valence-electron chi connectivity index (χ2n) is 7.31. The zero-order valence-corrected chi connectivity index (χ0v) is 18.2. The molecule has 5 nitrogen and oxygen atoms in total. The van der Waals surface area contributed by atoms with Crippen LogP contribution in [0.3, 0.4) is 0 Å². The van der Waals surface area contributed by atoms with Gasteiger partial charge in [0.1, 0.15) is 0 Å². The van der Waals surface area contributed by atoms with Gasteiger partial charge >= 0.3 is 12.1 Å². The maximum Gasteiger partial charge on any atom is 0.416 e. The Hall–Kier alpha value is -3.30. The molecule has 0 aliphatic heterocycles. The first-order chi connectivity index (χ1) is 15.5. The number of carboxylic acids is 1. The lowest BCUT2D eigenvalue weighted by atomic mass is 10.1. The van der Waals surface area contributed by atoms with Crippen molar-refractivity contribution < 1.29 is 31.5 Å². The molecule has 0 fully saturated rings. The second-order valence-corrected chi connectivity index (χ2v) is 9.54. The van der Waals surface area contributed by atoms with Crippen LogP contribution in [0.4, 0.5) is 13.2 Å². The molecule has 0 aliphatic rings. The van der Waals surface area contributed by atoms with Crippen LogP contribution in [0.1, 0.15) is 27.2 Å². The van der Waals surface area contributed by atoms with Crippen molar-refractivity contribution in [3.8, 4) is 0 Å². The van der Waals surface area contributed by atoms with E-state index >= 15 is 0 Å². The molecule has 0 atom stereocenters. The van der Waals surface area contributed by atoms with Crippen molar-refractivity contribution in [1.82, 2.24) is 3.97 Å². The lowest BCUT2D eigenvalue weighted by Crippen LogP contribution is -2.17. The van der Waals surface area contributed by atoms with Crippen molar-refractivity contribution in [2.75, 3.05) is 0 Å². The molecule has 10 heteroatoms. The Morgan fingerprint density at radius 3 is 2.30 bits per heavy atom. The lowest BCUT2D eigenvalue weighted by Gasteiger charge is -2.14. The van der Waals surface area contributed by atoms with E-state index in [0.717, 1.165) is 22.2 Å². The summed E-state index contributed by atoms with van der Waals surface area (Å²) in [6.45, 7) is 0. The summed E-state index contributed by atoms with van der Waals surface area (Å²) >= 11 is 6.05. The molecule has 170 valence electrons. The number of hydrogen-bond donors (Lipinski definition) is 1.